The van der Waals surface area contributed by atoms with Crippen LogP contribution in [-0.4, -0.2) is 27.5 Å². The van der Waals surface area contributed by atoms with Crippen LogP contribution in [0, 0.1) is 0 Å². The summed E-state index contributed by atoms with van der Waals surface area (Å²) in [5, 5.41) is 3.19. The summed E-state index contributed by atoms with van der Waals surface area (Å²) in [6, 6.07) is 6.85. The van der Waals surface area contributed by atoms with E-state index in [2.05, 4.69) is 10.0 Å². The van der Waals surface area contributed by atoms with Crippen LogP contribution in [0.4, 0.5) is 5.69 Å². The molecule has 18 heavy (non-hydrogen) atoms. The number of hydrogen-bond donors (Lipinski definition) is 3. The zero-order valence-electron chi connectivity index (χ0n) is 10.8. The van der Waals surface area contributed by atoms with Crippen LogP contribution in [0.1, 0.15) is 20.3 Å². The third-order valence-electron chi connectivity index (χ3n) is 2.43. The maximum atomic E-state index is 11.7. The Labute approximate surface area is 109 Å². The van der Waals surface area contributed by atoms with Gasteiger partial charge in [0.25, 0.3) is 0 Å². The minimum absolute atomic E-state index is 0.158. The molecule has 6 heteroatoms. The molecule has 0 fully saturated rings. The normalized spacial score (nSPS) is 13.3. The minimum Gasteiger partial charge on any atom is -0.385 e. The van der Waals surface area contributed by atoms with Crippen LogP contribution in [-0.2, 0) is 10.0 Å². The van der Waals surface area contributed by atoms with Crippen molar-refractivity contribution in [3.63, 3.8) is 0 Å². The molecule has 0 amide bonds. The fourth-order valence-electron chi connectivity index (χ4n) is 1.47. The summed E-state index contributed by atoms with van der Waals surface area (Å²) in [4.78, 5) is 0.280. The topological polar surface area (TPSA) is 84.2 Å². The molecule has 0 saturated carbocycles. The largest absolute Gasteiger partial charge is 0.385 e. The fourth-order valence-corrected chi connectivity index (χ4v) is 2.51. The van der Waals surface area contributed by atoms with E-state index in [0.717, 1.165) is 18.7 Å². The quantitative estimate of drug-likeness (QED) is 0.694. The lowest BCUT2D eigenvalue weighted by atomic mass is 10.2. The monoisotopic (exact) mass is 271 g/mol. The van der Waals surface area contributed by atoms with Gasteiger partial charge in [0.1, 0.15) is 0 Å². The molecule has 1 atom stereocenters. The van der Waals surface area contributed by atoms with Crippen LogP contribution < -0.4 is 15.8 Å². The zero-order valence-corrected chi connectivity index (χ0v) is 11.6. The van der Waals surface area contributed by atoms with E-state index in [-0.39, 0.29) is 10.9 Å². The zero-order chi connectivity index (χ0) is 13.6. The maximum Gasteiger partial charge on any atom is 0.240 e. The Morgan fingerprint density at radius 1 is 1.28 bits per heavy atom. The van der Waals surface area contributed by atoms with E-state index >= 15 is 0 Å². The van der Waals surface area contributed by atoms with Gasteiger partial charge in [0.2, 0.25) is 10.0 Å². The van der Waals surface area contributed by atoms with Crippen molar-refractivity contribution in [2.75, 3.05) is 18.4 Å². The van der Waals surface area contributed by atoms with Gasteiger partial charge in [-0.05, 0) is 37.6 Å². The van der Waals surface area contributed by atoms with Crippen molar-refractivity contribution in [3.8, 4) is 0 Å². The van der Waals surface area contributed by atoms with Gasteiger partial charge in [0, 0.05) is 24.8 Å². The van der Waals surface area contributed by atoms with E-state index in [9.17, 15) is 8.42 Å². The third-order valence-corrected chi connectivity index (χ3v) is 3.99. The van der Waals surface area contributed by atoms with E-state index in [1.54, 1.807) is 31.2 Å². The molecule has 0 aliphatic rings. The second-order valence-electron chi connectivity index (χ2n) is 4.22. The predicted molar refractivity (Wildman–Crippen MR) is 74.1 cm³/mol. The van der Waals surface area contributed by atoms with Crippen molar-refractivity contribution in [3.05, 3.63) is 24.3 Å². The summed E-state index contributed by atoms with van der Waals surface area (Å²) in [5.41, 5.74) is 6.54. The Morgan fingerprint density at radius 3 is 2.39 bits per heavy atom. The molecule has 0 spiro atoms. The average molecular weight is 271 g/mol. The van der Waals surface area contributed by atoms with Crippen molar-refractivity contribution in [1.82, 2.24) is 4.72 Å². The lowest BCUT2D eigenvalue weighted by molar-refractivity contribution is 0.584. The number of benzene rings is 1. The van der Waals surface area contributed by atoms with Gasteiger partial charge in [-0.2, -0.15) is 0 Å². The first-order chi connectivity index (χ1) is 8.45. The summed E-state index contributed by atoms with van der Waals surface area (Å²) < 4.78 is 25.8. The summed E-state index contributed by atoms with van der Waals surface area (Å²) in [5.74, 6) is 0. The molecule has 102 valence electrons. The van der Waals surface area contributed by atoms with E-state index in [1.165, 1.54) is 0 Å². The Morgan fingerprint density at radius 2 is 1.89 bits per heavy atom. The third kappa shape index (κ3) is 4.64. The average Bonchev–Trinajstić information content (AvgIpc) is 2.29. The second kappa shape index (κ2) is 6.72. The van der Waals surface area contributed by atoms with Crippen LogP contribution in [0.2, 0.25) is 0 Å². The molecule has 0 heterocycles. The lowest BCUT2D eigenvalue weighted by Crippen LogP contribution is -2.23. The van der Waals surface area contributed by atoms with Crippen molar-refractivity contribution in [2.45, 2.75) is 31.2 Å². The maximum absolute atomic E-state index is 11.7. The van der Waals surface area contributed by atoms with Gasteiger partial charge >= 0.3 is 0 Å². The molecule has 1 rings (SSSR count). The first-order valence-corrected chi connectivity index (χ1v) is 7.53. The highest BCUT2D eigenvalue weighted by Gasteiger charge is 2.11. The highest BCUT2D eigenvalue weighted by atomic mass is 32.2. The number of anilines is 1. The van der Waals surface area contributed by atoms with Crippen molar-refractivity contribution < 1.29 is 8.42 Å². The summed E-state index contributed by atoms with van der Waals surface area (Å²) in [6.07, 6.45) is 0.872. The van der Waals surface area contributed by atoms with Crippen molar-refractivity contribution in [2.24, 2.45) is 5.73 Å². The van der Waals surface area contributed by atoms with Gasteiger partial charge in [-0.15, -0.1) is 0 Å². The van der Waals surface area contributed by atoms with Gasteiger partial charge < -0.3 is 11.1 Å². The van der Waals surface area contributed by atoms with E-state index in [0.29, 0.717) is 6.54 Å². The molecular formula is C12H21N3O2S. The van der Waals surface area contributed by atoms with Crippen LogP contribution in [0.25, 0.3) is 0 Å². The minimum atomic E-state index is -3.36. The number of nitrogens with two attached hydrogens (primary N) is 1. The molecule has 0 aliphatic carbocycles. The van der Waals surface area contributed by atoms with Gasteiger partial charge in [-0.3, -0.25) is 0 Å². The van der Waals surface area contributed by atoms with Crippen molar-refractivity contribution >= 4 is 15.7 Å². The molecule has 5 nitrogen and oxygen atoms in total. The van der Waals surface area contributed by atoms with Crippen LogP contribution in [0.5, 0.6) is 0 Å². The van der Waals surface area contributed by atoms with Gasteiger partial charge in [0.05, 0.1) is 4.90 Å². The standard InChI is InChI=1S/C12H21N3O2S/c1-3-15-18(16,17)12-6-4-11(5-7-12)14-9-8-10(2)13/h4-7,10,14-15H,3,8-9,13H2,1-2H3. The fraction of sp³-hybridized carbons (Fsp3) is 0.500. The molecule has 1 unspecified atom stereocenters. The molecule has 1 aromatic carbocycles. The lowest BCUT2D eigenvalue weighted by Gasteiger charge is -2.09. The van der Waals surface area contributed by atoms with E-state index < -0.39 is 10.0 Å². The van der Waals surface area contributed by atoms with Crippen LogP contribution >= 0.6 is 0 Å². The first-order valence-electron chi connectivity index (χ1n) is 6.05. The highest BCUT2D eigenvalue weighted by molar-refractivity contribution is 7.89. The van der Waals surface area contributed by atoms with Crippen molar-refractivity contribution in [1.29, 1.82) is 0 Å². The Balaban J connectivity index is 2.63. The first kappa shape index (κ1) is 14.9. The van der Waals surface area contributed by atoms with Crippen LogP contribution in [0.15, 0.2) is 29.2 Å². The number of nitrogens with one attached hydrogen (secondary N) is 2. The van der Waals surface area contributed by atoms with Gasteiger partial charge in [0.15, 0.2) is 0 Å². The molecule has 0 bridgehead atoms. The van der Waals surface area contributed by atoms with Gasteiger partial charge in [-0.1, -0.05) is 6.92 Å². The molecule has 1 aromatic rings. The van der Waals surface area contributed by atoms with Gasteiger partial charge in [-0.25, -0.2) is 13.1 Å². The highest BCUT2D eigenvalue weighted by Crippen LogP contribution is 2.13. The molecule has 0 radical (unpaired) electrons. The summed E-state index contributed by atoms with van der Waals surface area (Å²) in [7, 11) is -3.36. The number of rotatable bonds is 7. The number of hydrogen-bond acceptors (Lipinski definition) is 4. The smallest absolute Gasteiger partial charge is 0.240 e. The SMILES string of the molecule is CCNS(=O)(=O)c1ccc(NCCC(C)N)cc1. The molecular weight excluding hydrogens is 250 g/mol. The molecule has 4 N–H and O–H groups in total. The second-order valence-corrected chi connectivity index (χ2v) is 5.99. The molecule has 0 aromatic heterocycles. The molecule has 0 saturated heterocycles. The Bertz CT molecular complexity index is 455. The van der Waals surface area contributed by atoms with E-state index in [4.69, 9.17) is 5.73 Å². The van der Waals surface area contributed by atoms with Crippen LogP contribution in [0.3, 0.4) is 0 Å². The predicted octanol–water partition coefficient (Wildman–Crippen LogP) is 1.13. The Hall–Kier alpha value is -1.11. The number of sulfonamides is 1. The molecule has 0 aliphatic heterocycles. The summed E-state index contributed by atoms with van der Waals surface area (Å²) >= 11 is 0. The summed E-state index contributed by atoms with van der Waals surface area (Å²) in [6.45, 7) is 4.86. The van der Waals surface area contributed by atoms with E-state index in [1.807, 2.05) is 6.92 Å². The Kier molecular flexibility index (Phi) is 5.58.